The van der Waals surface area contributed by atoms with Crippen molar-refractivity contribution in [2.75, 3.05) is 11.4 Å². The lowest BCUT2D eigenvalue weighted by atomic mass is 10.2. The molecule has 132 valence electrons. The molecule has 0 saturated heterocycles. The van der Waals surface area contributed by atoms with Gasteiger partial charge in [0.2, 0.25) is 5.91 Å². The molecule has 3 rings (SSSR count). The average Bonchev–Trinajstić information content (AvgIpc) is 3.19. The van der Waals surface area contributed by atoms with Gasteiger partial charge in [0.25, 0.3) is 5.91 Å². The lowest BCUT2D eigenvalue weighted by molar-refractivity contribution is -0.119. The normalized spacial score (nSPS) is 10.3. The molecule has 2 amide bonds. The van der Waals surface area contributed by atoms with E-state index in [1.807, 2.05) is 55.5 Å². The Labute approximate surface area is 155 Å². The number of aryl methyl sites for hydroxylation is 1. The summed E-state index contributed by atoms with van der Waals surface area (Å²) < 4.78 is 3.74. The molecular formula is C19H18N4O2S. The lowest BCUT2D eigenvalue weighted by Crippen LogP contribution is -2.41. The van der Waals surface area contributed by atoms with Crippen molar-refractivity contribution in [2.24, 2.45) is 0 Å². The zero-order chi connectivity index (χ0) is 18.4. The van der Waals surface area contributed by atoms with Crippen molar-refractivity contribution in [1.82, 2.24) is 14.9 Å². The van der Waals surface area contributed by atoms with Crippen LogP contribution in [0.2, 0.25) is 0 Å². The molecule has 6 nitrogen and oxygen atoms in total. The fourth-order valence-electron chi connectivity index (χ4n) is 2.47. The summed E-state index contributed by atoms with van der Waals surface area (Å²) >= 11 is 1.10. The van der Waals surface area contributed by atoms with E-state index in [4.69, 9.17) is 0 Å². The van der Waals surface area contributed by atoms with E-state index in [2.05, 4.69) is 14.9 Å². The molecule has 2 aromatic carbocycles. The highest BCUT2D eigenvalue weighted by Crippen LogP contribution is 2.18. The van der Waals surface area contributed by atoms with Gasteiger partial charge < -0.3 is 5.32 Å². The third-order valence-corrected chi connectivity index (χ3v) is 4.28. The van der Waals surface area contributed by atoms with Crippen LogP contribution in [0.25, 0.3) is 0 Å². The molecule has 0 spiro atoms. The van der Waals surface area contributed by atoms with Crippen LogP contribution in [-0.4, -0.2) is 27.9 Å². The third-order valence-electron chi connectivity index (χ3n) is 3.77. The predicted molar refractivity (Wildman–Crippen MR) is 101 cm³/mol. The van der Waals surface area contributed by atoms with Gasteiger partial charge in [-0.2, -0.15) is 0 Å². The standard InChI is InChI=1S/C19H18N4O2S/c1-14-6-5-9-16(10-14)23(19(25)17-13-26-22-21-17)12-18(24)20-11-15-7-3-2-4-8-15/h2-10,13H,11-12H2,1H3,(H,20,24). The molecule has 0 aliphatic heterocycles. The van der Waals surface area contributed by atoms with Crippen LogP contribution in [0.15, 0.2) is 60.0 Å². The van der Waals surface area contributed by atoms with Crippen LogP contribution in [0.3, 0.4) is 0 Å². The minimum atomic E-state index is -0.348. The number of anilines is 1. The van der Waals surface area contributed by atoms with E-state index in [1.54, 1.807) is 11.4 Å². The number of nitrogens with zero attached hydrogens (tertiary/aromatic N) is 3. The van der Waals surface area contributed by atoms with Gasteiger partial charge in [-0.15, -0.1) is 5.10 Å². The number of hydrogen-bond acceptors (Lipinski definition) is 5. The van der Waals surface area contributed by atoms with Gasteiger partial charge in [-0.25, -0.2) is 0 Å². The number of aromatic nitrogens is 2. The zero-order valence-electron chi connectivity index (χ0n) is 14.3. The van der Waals surface area contributed by atoms with Crippen molar-refractivity contribution in [1.29, 1.82) is 0 Å². The summed E-state index contributed by atoms with van der Waals surface area (Å²) in [6.45, 7) is 2.26. The van der Waals surface area contributed by atoms with Crippen LogP contribution in [0.4, 0.5) is 5.69 Å². The number of benzene rings is 2. The van der Waals surface area contributed by atoms with Gasteiger partial charge >= 0.3 is 0 Å². The van der Waals surface area contributed by atoms with Gasteiger partial charge in [-0.3, -0.25) is 14.5 Å². The molecule has 0 aliphatic rings. The highest BCUT2D eigenvalue weighted by Gasteiger charge is 2.22. The molecule has 0 aliphatic carbocycles. The molecule has 0 radical (unpaired) electrons. The molecular weight excluding hydrogens is 348 g/mol. The molecule has 26 heavy (non-hydrogen) atoms. The Morgan fingerprint density at radius 3 is 2.62 bits per heavy atom. The Kier molecular flexibility index (Phi) is 5.70. The first-order valence-corrected chi connectivity index (χ1v) is 8.93. The van der Waals surface area contributed by atoms with E-state index in [9.17, 15) is 9.59 Å². The maximum atomic E-state index is 12.8. The molecule has 3 aromatic rings. The van der Waals surface area contributed by atoms with Crippen LogP contribution < -0.4 is 10.2 Å². The Bertz CT molecular complexity index is 882. The lowest BCUT2D eigenvalue weighted by Gasteiger charge is -2.21. The Hall–Kier alpha value is -3.06. The fourth-order valence-corrected chi connectivity index (χ4v) is 2.90. The predicted octanol–water partition coefficient (Wildman–Crippen LogP) is 2.81. The SMILES string of the molecule is Cc1cccc(N(CC(=O)NCc2ccccc2)C(=O)c2csnn2)c1. The van der Waals surface area contributed by atoms with Gasteiger partial charge in [0.1, 0.15) is 6.54 Å². The Balaban J connectivity index is 1.75. The second kappa shape index (κ2) is 8.35. The highest BCUT2D eigenvalue weighted by molar-refractivity contribution is 7.03. The maximum Gasteiger partial charge on any atom is 0.280 e. The number of nitrogens with one attached hydrogen (secondary N) is 1. The largest absolute Gasteiger partial charge is 0.350 e. The van der Waals surface area contributed by atoms with Crippen molar-refractivity contribution in [3.05, 3.63) is 76.8 Å². The molecule has 0 bridgehead atoms. The molecule has 0 saturated carbocycles. The summed E-state index contributed by atoms with van der Waals surface area (Å²) in [6, 6.07) is 17.1. The first-order valence-electron chi connectivity index (χ1n) is 8.09. The quantitative estimate of drug-likeness (QED) is 0.728. The minimum Gasteiger partial charge on any atom is -0.350 e. The van der Waals surface area contributed by atoms with E-state index in [1.165, 1.54) is 4.90 Å². The van der Waals surface area contributed by atoms with Gasteiger partial charge in [0, 0.05) is 17.6 Å². The Morgan fingerprint density at radius 1 is 1.12 bits per heavy atom. The van der Waals surface area contributed by atoms with E-state index in [0.717, 1.165) is 22.7 Å². The topological polar surface area (TPSA) is 75.2 Å². The second-order valence-electron chi connectivity index (χ2n) is 5.78. The van der Waals surface area contributed by atoms with E-state index >= 15 is 0 Å². The molecule has 0 unspecified atom stereocenters. The van der Waals surface area contributed by atoms with Gasteiger partial charge in [0.15, 0.2) is 5.69 Å². The third kappa shape index (κ3) is 4.52. The fraction of sp³-hybridized carbons (Fsp3) is 0.158. The van der Waals surface area contributed by atoms with E-state index in [-0.39, 0.29) is 24.1 Å². The molecule has 1 N–H and O–H groups in total. The number of rotatable bonds is 6. The molecule has 0 atom stereocenters. The van der Waals surface area contributed by atoms with Crippen LogP contribution in [0, 0.1) is 6.92 Å². The van der Waals surface area contributed by atoms with Crippen LogP contribution in [0.1, 0.15) is 21.6 Å². The second-order valence-corrected chi connectivity index (χ2v) is 6.39. The first-order chi connectivity index (χ1) is 12.6. The number of carbonyl (C=O) groups excluding carboxylic acids is 2. The van der Waals surface area contributed by atoms with Crippen LogP contribution in [-0.2, 0) is 11.3 Å². The van der Waals surface area contributed by atoms with E-state index in [0.29, 0.717) is 12.2 Å². The van der Waals surface area contributed by atoms with Crippen molar-refractivity contribution in [3.8, 4) is 0 Å². The summed E-state index contributed by atoms with van der Waals surface area (Å²) in [4.78, 5) is 26.6. The monoisotopic (exact) mass is 366 g/mol. The van der Waals surface area contributed by atoms with Crippen molar-refractivity contribution < 1.29 is 9.59 Å². The molecule has 1 heterocycles. The zero-order valence-corrected chi connectivity index (χ0v) is 15.1. The number of carbonyl (C=O) groups is 2. The minimum absolute atomic E-state index is 0.0906. The van der Waals surface area contributed by atoms with Gasteiger partial charge in [0.05, 0.1) is 0 Å². The number of hydrogen-bond donors (Lipinski definition) is 1. The van der Waals surface area contributed by atoms with Crippen molar-refractivity contribution in [3.63, 3.8) is 0 Å². The van der Waals surface area contributed by atoms with Crippen molar-refractivity contribution in [2.45, 2.75) is 13.5 Å². The molecule has 0 fully saturated rings. The average molecular weight is 366 g/mol. The molecule has 1 aromatic heterocycles. The highest BCUT2D eigenvalue weighted by atomic mass is 32.1. The first kappa shape index (κ1) is 17.8. The summed E-state index contributed by atoms with van der Waals surface area (Å²) in [5.74, 6) is -0.592. The number of amides is 2. The molecule has 7 heteroatoms. The maximum absolute atomic E-state index is 12.8. The summed E-state index contributed by atoms with van der Waals surface area (Å²) in [7, 11) is 0. The smallest absolute Gasteiger partial charge is 0.280 e. The summed E-state index contributed by atoms with van der Waals surface area (Å²) in [6.07, 6.45) is 0. The van der Waals surface area contributed by atoms with Gasteiger partial charge in [-0.1, -0.05) is 47.0 Å². The van der Waals surface area contributed by atoms with Crippen LogP contribution in [0.5, 0.6) is 0 Å². The summed E-state index contributed by atoms with van der Waals surface area (Å²) in [5, 5.41) is 8.26. The van der Waals surface area contributed by atoms with E-state index < -0.39 is 0 Å². The van der Waals surface area contributed by atoms with Gasteiger partial charge in [-0.05, 0) is 41.7 Å². The Morgan fingerprint density at radius 2 is 1.92 bits per heavy atom. The van der Waals surface area contributed by atoms with Crippen LogP contribution >= 0.6 is 11.5 Å². The van der Waals surface area contributed by atoms with Crippen molar-refractivity contribution >= 4 is 29.0 Å². The summed E-state index contributed by atoms with van der Waals surface area (Å²) in [5.41, 5.74) is 2.88.